The smallest absolute Gasteiger partial charge is 2.00 e. The summed E-state index contributed by atoms with van der Waals surface area (Å²) in [6.07, 6.45) is 0. The van der Waals surface area contributed by atoms with Gasteiger partial charge in [-0.25, -0.2) is 0 Å². The summed E-state index contributed by atoms with van der Waals surface area (Å²) >= 11 is 0. The third kappa shape index (κ3) is 38.0. The van der Waals surface area contributed by atoms with Crippen LogP contribution in [0.3, 0.4) is 0 Å². The van der Waals surface area contributed by atoms with E-state index in [1.807, 2.05) is 0 Å². The van der Waals surface area contributed by atoms with E-state index in [0.29, 0.717) is 0 Å². The molecule has 0 N–H and O–H groups in total. The molecule has 3 nitrogen and oxygen atoms in total. The van der Waals surface area contributed by atoms with Crippen LogP contribution in [-0.4, -0.2) is 26.2 Å². The van der Waals surface area contributed by atoms with Crippen molar-refractivity contribution in [3.8, 4) is 0 Å². The molecule has 6 heavy (non-hydrogen) atoms. The van der Waals surface area contributed by atoms with Crippen molar-refractivity contribution in [2.45, 2.75) is 0 Å². The second kappa shape index (κ2) is 64.0. The van der Waals surface area contributed by atoms with E-state index >= 15 is 0 Å². The topological polar surface area (TPSA) is 85.5 Å². The van der Waals surface area contributed by atoms with E-state index in [1.54, 1.807) is 0 Å². The van der Waals surface area contributed by atoms with Crippen LogP contribution in [-0.2, 0) is 54.6 Å². The van der Waals surface area contributed by atoms with Gasteiger partial charge >= 0.3 is 21.1 Å². The Hall–Kier alpha value is 1.97. The molecule has 0 aromatic rings. The van der Waals surface area contributed by atoms with Crippen LogP contribution in [0.25, 0.3) is 0 Å². The van der Waals surface area contributed by atoms with Gasteiger partial charge in [0, 0.05) is 43.3 Å². The van der Waals surface area contributed by atoms with Gasteiger partial charge in [0.05, 0.1) is 0 Å². The van der Waals surface area contributed by atoms with E-state index in [1.165, 1.54) is 0 Å². The molecule has 0 spiro atoms. The first-order valence-corrected chi connectivity index (χ1v) is 0. The predicted molar refractivity (Wildman–Crippen MR) is 7.81 cm³/mol. The fourth-order valence-corrected chi connectivity index (χ4v) is 0. The molecule has 0 atom stereocenters. The maximum atomic E-state index is 0. The van der Waals surface area contributed by atoms with Crippen LogP contribution in [0.5, 0.6) is 0 Å². The van der Waals surface area contributed by atoms with E-state index in [-0.39, 0.29) is 80.8 Å². The van der Waals surface area contributed by atoms with Crippen molar-refractivity contribution in [2.24, 2.45) is 0 Å². The van der Waals surface area contributed by atoms with Crippen LogP contribution in [0.1, 0.15) is 0 Å². The zero-order valence-electron chi connectivity index (χ0n) is 2.43. The average Bonchev–Trinajstić information content (AvgIpc) is 0. The van der Waals surface area contributed by atoms with Gasteiger partial charge in [-0.15, -0.1) is 0 Å². The maximum absolute atomic E-state index is 0. The first-order chi connectivity index (χ1) is 0. The summed E-state index contributed by atoms with van der Waals surface area (Å²) in [4.78, 5) is 0. The minimum Gasteiger partial charge on any atom is -2.00 e. The molecule has 0 fully saturated rings. The Morgan fingerprint density at radius 3 is 0.667 bits per heavy atom. The van der Waals surface area contributed by atoms with E-state index in [0.717, 1.165) is 0 Å². The summed E-state index contributed by atoms with van der Waals surface area (Å²) in [5.74, 6) is 0. The van der Waals surface area contributed by atoms with Crippen LogP contribution in [0.15, 0.2) is 0 Å². The first kappa shape index (κ1) is 99.7. The standard InChI is InChI=1S/Bi.Fe.Mo.3O/q;;+6;3*-2. The zero-order chi connectivity index (χ0) is 0. The van der Waals surface area contributed by atoms with Crippen molar-refractivity contribution in [3.05, 3.63) is 0 Å². The van der Waals surface area contributed by atoms with Crippen molar-refractivity contribution >= 4 is 26.2 Å². The van der Waals surface area contributed by atoms with Gasteiger partial charge in [-0.1, -0.05) is 0 Å². The van der Waals surface area contributed by atoms with Crippen LogP contribution in [0.2, 0.25) is 0 Å². The van der Waals surface area contributed by atoms with Gasteiger partial charge in [0.2, 0.25) is 0 Å². The summed E-state index contributed by atoms with van der Waals surface area (Å²) in [5, 5.41) is 0. The van der Waals surface area contributed by atoms with Crippen molar-refractivity contribution < 1.29 is 54.6 Å². The summed E-state index contributed by atoms with van der Waals surface area (Å²) in [6, 6.07) is 0. The minimum atomic E-state index is 0. The Kier molecular flexibility index (Phi) is 1060. The Morgan fingerprint density at radius 1 is 0.667 bits per heavy atom. The molecule has 0 aromatic heterocycles. The van der Waals surface area contributed by atoms with E-state index in [2.05, 4.69) is 0 Å². The molecule has 0 aliphatic rings. The van der Waals surface area contributed by atoms with E-state index in [4.69, 9.17) is 0 Å². The molecule has 0 unspecified atom stereocenters. The SMILES string of the molecule is [Bi].[Fe].[Mo+6].[O-2].[O-2].[O-2]. The van der Waals surface area contributed by atoms with Gasteiger partial charge in [0.15, 0.2) is 0 Å². The second-order valence-corrected chi connectivity index (χ2v) is 0. The molecule has 0 heterocycles. The number of hydrogen-bond acceptors (Lipinski definition) is 0. The molecule has 6 heteroatoms. The zero-order valence-corrected chi connectivity index (χ0v) is 9.02. The van der Waals surface area contributed by atoms with Crippen LogP contribution >= 0.6 is 0 Å². The van der Waals surface area contributed by atoms with Gasteiger partial charge in [-0.3, -0.25) is 0 Å². The van der Waals surface area contributed by atoms with Crippen molar-refractivity contribution in [3.63, 3.8) is 0 Å². The molecule has 0 aromatic carbocycles. The fourth-order valence-electron chi connectivity index (χ4n) is 0. The van der Waals surface area contributed by atoms with Gasteiger partial charge in [0.1, 0.15) is 0 Å². The van der Waals surface area contributed by atoms with Gasteiger partial charge < -0.3 is 16.4 Å². The van der Waals surface area contributed by atoms with Crippen molar-refractivity contribution in [2.75, 3.05) is 0 Å². The van der Waals surface area contributed by atoms with Crippen LogP contribution in [0.4, 0.5) is 0 Å². The summed E-state index contributed by atoms with van der Waals surface area (Å²) in [5.41, 5.74) is 0. The van der Waals surface area contributed by atoms with Gasteiger partial charge in [-0.05, 0) is 0 Å². The monoisotopic (exact) mass is 411 g/mol. The summed E-state index contributed by atoms with van der Waals surface area (Å²) in [7, 11) is 0. The summed E-state index contributed by atoms with van der Waals surface area (Å²) in [6.45, 7) is 0. The second-order valence-electron chi connectivity index (χ2n) is 0. The molecule has 0 amide bonds. The molecule has 0 aliphatic heterocycles. The molecule has 0 rings (SSSR count). The van der Waals surface area contributed by atoms with Gasteiger partial charge in [0.25, 0.3) is 0 Å². The quantitative estimate of drug-likeness (QED) is 0.473. The first-order valence-electron chi connectivity index (χ1n) is 0. The molecule has 0 saturated carbocycles. The molecule has 37 valence electrons. The third-order valence-electron chi connectivity index (χ3n) is 0. The fraction of sp³-hybridized carbons (Fsp3) is 0. The van der Waals surface area contributed by atoms with E-state index < -0.39 is 0 Å². The normalized spacial score (nSPS) is 0. The van der Waals surface area contributed by atoms with Crippen LogP contribution in [0, 0.1) is 0 Å². The molecular formula is BiFeMoO3. The molecule has 0 aliphatic carbocycles. The van der Waals surface area contributed by atoms with Gasteiger partial charge in [-0.2, -0.15) is 0 Å². The Balaban J connectivity index is 0. The molecular weight excluding hydrogens is 409 g/mol. The van der Waals surface area contributed by atoms with Crippen LogP contribution < -0.4 is 0 Å². The Morgan fingerprint density at radius 2 is 0.667 bits per heavy atom. The Labute approximate surface area is 80.0 Å². The Bertz CT molecular complexity index is 10.8. The summed E-state index contributed by atoms with van der Waals surface area (Å²) < 4.78 is 0. The maximum Gasteiger partial charge on any atom is 6.00 e. The number of hydrogen-bond donors (Lipinski definition) is 0. The molecule has 0 bridgehead atoms. The molecule has 0 saturated heterocycles. The average molecular weight is 409 g/mol. The number of rotatable bonds is 0. The molecule has 3 radical (unpaired) electrons. The largest absolute Gasteiger partial charge is 6.00 e. The minimum absolute atomic E-state index is 0. The third-order valence-corrected chi connectivity index (χ3v) is 0. The van der Waals surface area contributed by atoms with Crippen molar-refractivity contribution in [1.82, 2.24) is 0 Å². The van der Waals surface area contributed by atoms with Crippen molar-refractivity contribution in [1.29, 1.82) is 0 Å². The van der Waals surface area contributed by atoms with E-state index in [9.17, 15) is 0 Å². The predicted octanol–water partition coefficient (Wildman–Crippen LogP) is -0.742.